The molecular formula is C14H21N3O. The highest BCUT2D eigenvalue weighted by Gasteiger charge is 2.22. The summed E-state index contributed by atoms with van der Waals surface area (Å²) in [6.45, 7) is 6.41. The number of hydrogen-bond acceptors (Lipinski definition) is 3. The molecule has 1 unspecified atom stereocenters. The first kappa shape index (κ1) is 13.1. The molecule has 1 amide bonds. The highest BCUT2D eigenvalue weighted by Crippen LogP contribution is 2.02. The molecule has 1 aromatic carbocycles. The van der Waals surface area contributed by atoms with E-state index in [2.05, 4.69) is 15.5 Å². The van der Waals surface area contributed by atoms with Crippen molar-refractivity contribution in [1.29, 1.82) is 0 Å². The number of piperazine rings is 1. The van der Waals surface area contributed by atoms with Crippen molar-refractivity contribution >= 4 is 5.91 Å². The number of nitrogens with one attached hydrogen (secondary N) is 2. The number of carbonyl (C=O) groups excluding carboxylic acids is 1. The van der Waals surface area contributed by atoms with Crippen LogP contribution in [-0.4, -0.2) is 43.0 Å². The van der Waals surface area contributed by atoms with Crippen LogP contribution in [0.25, 0.3) is 0 Å². The SMILES string of the molecule is CC(C(=O)NCc1ccccc1)N1CCNCC1. The molecule has 1 aliphatic heterocycles. The minimum atomic E-state index is -0.0455. The van der Waals surface area contributed by atoms with Crippen LogP contribution in [0, 0.1) is 0 Å². The second-order valence-corrected chi connectivity index (χ2v) is 4.67. The number of hydrogen-bond donors (Lipinski definition) is 2. The van der Waals surface area contributed by atoms with Gasteiger partial charge in [0.05, 0.1) is 6.04 Å². The first-order valence-corrected chi connectivity index (χ1v) is 6.54. The normalized spacial score (nSPS) is 18.3. The summed E-state index contributed by atoms with van der Waals surface area (Å²) in [5.74, 6) is 0.112. The van der Waals surface area contributed by atoms with Gasteiger partial charge in [-0.05, 0) is 12.5 Å². The molecule has 0 spiro atoms. The van der Waals surface area contributed by atoms with Crippen LogP contribution in [0.3, 0.4) is 0 Å². The molecule has 4 heteroatoms. The Hall–Kier alpha value is -1.39. The van der Waals surface area contributed by atoms with E-state index in [1.54, 1.807) is 0 Å². The first-order valence-electron chi connectivity index (χ1n) is 6.54. The van der Waals surface area contributed by atoms with E-state index in [0.29, 0.717) is 6.54 Å². The van der Waals surface area contributed by atoms with Crippen LogP contribution in [0.5, 0.6) is 0 Å². The van der Waals surface area contributed by atoms with Gasteiger partial charge in [-0.1, -0.05) is 30.3 Å². The Morgan fingerprint density at radius 1 is 1.33 bits per heavy atom. The molecule has 0 saturated carbocycles. The lowest BCUT2D eigenvalue weighted by Gasteiger charge is -2.31. The highest BCUT2D eigenvalue weighted by molar-refractivity contribution is 5.81. The molecule has 2 N–H and O–H groups in total. The van der Waals surface area contributed by atoms with Gasteiger partial charge in [0.1, 0.15) is 0 Å². The van der Waals surface area contributed by atoms with Gasteiger partial charge in [-0.3, -0.25) is 9.69 Å². The van der Waals surface area contributed by atoms with Crippen LogP contribution >= 0.6 is 0 Å². The summed E-state index contributed by atoms with van der Waals surface area (Å²) < 4.78 is 0. The summed E-state index contributed by atoms with van der Waals surface area (Å²) in [6, 6.07) is 9.96. The van der Waals surface area contributed by atoms with Crippen LogP contribution in [-0.2, 0) is 11.3 Å². The summed E-state index contributed by atoms with van der Waals surface area (Å²) in [6.07, 6.45) is 0. The van der Waals surface area contributed by atoms with Crippen molar-refractivity contribution in [3.05, 3.63) is 35.9 Å². The zero-order valence-corrected chi connectivity index (χ0v) is 10.9. The van der Waals surface area contributed by atoms with E-state index in [1.165, 1.54) is 0 Å². The van der Waals surface area contributed by atoms with Gasteiger partial charge in [-0.2, -0.15) is 0 Å². The molecular weight excluding hydrogens is 226 g/mol. The largest absolute Gasteiger partial charge is 0.351 e. The third-order valence-corrected chi connectivity index (χ3v) is 3.39. The van der Waals surface area contributed by atoms with Gasteiger partial charge < -0.3 is 10.6 Å². The van der Waals surface area contributed by atoms with Crippen LogP contribution in [0.15, 0.2) is 30.3 Å². The molecule has 1 heterocycles. The zero-order valence-electron chi connectivity index (χ0n) is 10.9. The first-order chi connectivity index (χ1) is 8.77. The number of carbonyl (C=O) groups is 1. The number of amides is 1. The molecule has 1 saturated heterocycles. The van der Waals surface area contributed by atoms with E-state index in [-0.39, 0.29) is 11.9 Å². The number of nitrogens with zero attached hydrogens (tertiary/aromatic N) is 1. The van der Waals surface area contributed by atoms with Crippen molar-refractivity contribution in [2.45, 2.75) is 19.5 Å². The molecule has 0 radical (unpaired) electrons. The van der Waals surface area contributed by atoms with E-state index < -0.39 is 0 Å². The average Bonchev–Trinajstić information content (AvgIpc) is 2.46. The smallest absolute Gasteiger partial charge is 0.237 e. The minimum absolute atomic E-state index is 0.0455. The lowest BCUT2D eigenvalue weighted by Crippen LogP contribution is -2.52. The molecule has 98 valence electrons. The van der Waals surface area contributed by atoms with Gasteiger partial charge in [0.15, 0.2) is 0 Å². The predicted molar refractivity (Wildman–Crippen MR) is 72.2 cm³/mol. The molecule has 18 heavy (non-hydrogen) atoms. The van der Waals surface area contributed by atoms with Crippen molar-refractivity contribution in [2.24, 2.45) is 0 Å². The van der Waals surface area contributed by atoms with Gasteiger partial charge in [-0.15, -0.1) is 0 Å². The van der Waals surface area contributed by atoms with E-state index >= 15 is 0 Å². The Morgan fingerprint density at radius 2 is 2.00 bits per heavy atom. The molecule has 1 aromatic rings. The molecule has 1 fully saturated rings. The Balaban J connectivity index is 1.80. The van der Waals surface area contributed by atoms with Crippen molar-refractivity contribution < 1.29 is 4.79 Å². The van der Waals surface area contributed by atoms with Gasteiger partial charge in [0, 0.05) is 32.7 Å². The van der Waals surface area contributed by atoms with Gasteiger partial charge in [0.2, 0.25) is 5.91 Å². The Bertz CT molecular complexity index is 374. The van der Waals surface area contributed by atoms with Crippen molar-refractivity contribution in [3.63, 3.8) is 0 Å². The molecule has 2 rings (SSSR count). The van der Waals surface area contributed by atoms with E-state index in [0.717, 1.165) is 31.7 Å². The topological polar surface area (TPSA) is 44.4 Å². The zero-order chi connectivity index (χ0) is 12.8. The van der Waals surface area contributed by atoms with Crippen LogP contribution in [0.1, 0.15) is 12.5 Å². The fourth-order valence-corrected chi connectivity index (χ4v) is 2.17. The fourth-order valence-electron chi connectivity index (χ4n) is 2.17. The van der Waals surface area contributed by atoms with E-state index in [1.807, 2.05) is 37.3 Å². The number of benzene rings is 1. The Labute approximate surface area is 108 Å². The lowest BCUT2D eigenvalue weighted by molar-refractivity contribution is -0.126. The maximum Gasteiger partial charge on any atom is 0.237 e. The maximum atomic E-state index is 12.0. The van der Waals surface area contributed by atoms with Crippen molar-refractivity contribution in [3.8, 4) is 0 Å². The maximum absolute atomic E-state index is 12.0. The summed E-state index contributed by atoms with van der Waals surface area (Å²) in [7, 11) is 0. The summed E-state index contributed by atoms with van der Waals surface area (Å²) in [4.78, 5) is 14.3. The van der Waals surface area contributed by atoms with E-state index in [9.17, 15) is 4.79 Å². The number of rotatable bonds is 4. The molecule has 0 bridgehead atoms. The highest BCUT2D eigenvalue weighted by atomic mass is 16.2. The fraction of sp³-hybridized carbons (Fsp3) is 0.500. The van der Waals surface area contributed by atoms with Crippen LogP contribution in [0.4, 0.5) is 0 Å². The second-order valence-electron chi connectivity index (χ2n) is 4.67. The lowest BCUT2D eigenvalue weighted by atomic mass is 10.2. The molecule has 1 aliphatic rings. The monoisotopic (exact) mass is 247 g/mol. The third kappa shape index (κ3) is 3.55. The summed E-state index contributed by atoms with van der Waals surface area (Å²) >= 11 is 0. The standard InChI is InChI=1S/C14H21N3O/c1-12(17-9-7-15-8-10-17)14(18)16-11-13-5-3-2-4-6-13/h2-6,12,15H,7-11H2,1H3,(H,16,18). The molecule has 0 aliphatic carbocycles. The molecule has 1 atom stereocenters. The predicted octanol–water partition coefficient (Wildman–Crippen LogP) is 0.597. The molecule has 4 nitrogen and oxygen atoms in total. The second kappa shape index (κ2) is 6.52. The summed E-state index contributed by atoms with van der Waals surface area (Å²) in [5, 5.41) is 6.29. The quantitative estimate of drug-likeness (QED) is 0.819. The minimum Gasteiger partial charge on any atom is -0.351 e. The average molecular weight is 247 g/mol. The third-order valence-electron chi connectivity index (χ3n) is 3.39. The van der Waals surface area contributed by atoms with Crippen LogP contribution in [0.2, 0.25) is 0 Å². The van der Waals surface area contributed by atoms with Gasteiger partial charge >= 0.3 is 0 Å². The Morgan fingerprint density at radius 3 is 2.67 bits per heavy atom. The van der Waals surface area contributed by atoms with Gasteiger partial charge in [0.25, 0.3) is 0 Å². The van der Waals surface area contributed by atoms with Crippen molar-refractivity contribution in [2.75, 3.05) is 26.2 Å². The van der Waals surface area contributed by atoms with Crippen molar-refractivity contribution in [1.82, 2.24) is 15.5 Å². The van der Waals surface area contributed by atoms with Gasteiger partial charge in [-0.25, -0.2) is 0 Å². The van der Waals surface area contributed by atoms with E-state index in [4.69, 9.17) is 0 Å². The Kier molecular flexibility index (Phi) is 4.73. The van der Waals surface area contributed by atoms with Crippen LogP contribution < -0.4 is 10.6 Å². The summed E-state index contributed by atoms with van der Waals surface area (Å²) in [5.41, 5.74) is 1.14. The molecule has 0 aromatic heterocycles.